The number of hydrogen-bond acceptors (Lipinski definition) is 12. The van der Waals surface area contributed by atoms with Crippen molar-refractivity contribution in [3.05, 3.63) is 71.8 Å². The van der Waals surface area contributed by atoms with E-state index in [1.807, 2.05) is 19.9 Å². The Balaban J connectivity index is 1.74. The van der Waals surface area contributed by atoms with Gasteiger partial charge in [0.05, 0.1) is 0 Å². The summed E-state index contributed by atoms with van der Waals surface area (Å²) >= 11 is 0. The van der Waals surface area contributed by atoms with Crippen LogP contribution in [0.3, 0.4) is 0 Å². The quantitative estimate of drug-likeness (QED) is 0.134. The molecular weight excluding hydrogens is 917 g/mol. The SMILES string of the molecule is CC(C)C[C@H]1C(=O)N(C)[C@@H](Cc2ccccc2)C(=O)N[C@@H](C(C)C)C(=O)O[C@H](C(C)C)[C@H](NC(=O)[C@H](C)NC(=O)C(C)NC(=O)OCc2ccccc2)C(=O)N[C@@H](C(C)C)C(=O)N[C@H]2CC[C@@H](O)N1C2=O. The van der Waals surface area contributed by atoms with Crippen LogP contribution in [0.1, 0.15) is 99.6 Å². The Bertz CT molecular complexity index is 2190. The van der Waals surface area contributed by atoms with Crippen molar-refractivity contribution in [3.63, 3.8) is 0 Å². The molecule has 2 aromatic rings. The Kier molecular flexibility index (Phi) is 20.9. The molecule has 7 N–H and O–H groups in total. The van der Waals surface area contributed by atoms with Gasteiger partial charge in [-0.05, 0) is 67.9 Å². The number of aliphatic hydroxyl groups excluding tert-OH is 1. The van der Waals surface area contributed by atoms with Crippen LogP contribution in [-0.2, 0) is 60.9 Å². The number of esters is 1. The van der Waals surface area contributed by atoms with Crippen molar-refractivity contribution in [2.45, 2.75) is 162 Å². The molecule has 0 radical (unpaired) electrons. The molecule has 71 heavy (non-hydrogen) atoms. The Hall–Kier alpha value is -6.57. The highest BCUT2D eigenvalue weighted by molar-refractivity contribution is 5.98. The van der Waals surface area contributed by atoms with Crippen molar-refractivity contribution >= 4 is 53.4 Å². The lowest BCUT2D eigenvalue weighted by atomic mass is 9.94. The fourth-order valence-electron chi connectivity index (χ4n) is 8.38. The third kappa shape index (κ3) is 15.7. The number of piperidine rings is 1. The molecule has 0 aromatic heterocycles. The maximum absolute atomic E-state index is 14.8. The number of ether oxygens (including phenoxy) is 2. The van der Waals surface area contributed by atoms with E-state index in [1.165, 1.54) is 25.8 Å². The number of fused-ring (bicyclic) bond motifs is 2. The molecule has 10 atom stereocenters. The Morgan fingerprint density at radius 3 is 1.80 bits per heavy atom. The summed E-state index contributed by atoms with van der Waals surface area (Å²) in [4.78, 5) is 129. The normalized spacial score (nSPS) is 25.0. The number of nitrogens with zero attached hydrogens (tertiary/aromatic N) is 2. The third-order valence-electron chi connectivity index (χ3n) is 12.6. The molecule has 2 fully saturated rings. The van der Waals surface area contributed by atoms with Gasteiger partial charge in [-0.1, -0.05) is 116 Å². The highest BCUT2D eigenvalue weighted by Crippen LogP contribution is 2.27. The Morgan fingerprint density at radius 1 is 0.676 bits per heavy atom. The van der Waals surface area contributed by atoms with Gasteiger partial charge in [0.2, 0.25) is 41.4 Å². The standard InChI is InChI=1S/C51H74N8O12/c1-27(2)24-37-49(67)58(11)36(25-33-18-14-12-15-19-33)45(63)56-40(29(5)6)50(68)71-42(30(7)8)41(47(65)55-39(28(3)4)46(64)54-35-22-23-38(60)59(37)48(35)66)57-44(62)31(9)52-43(61)32(10)53-51(69)70-26-34-20-16-13-17-21-34/h12-21,27-32,35-42,60H,22-26H2,1-11H3,(H,52,61)(H,53,69)(H,54,64)(H,55,65)(H,56,63)(H,57,62)/t31-,32?,35-,36-,37-,38+,39-,40-,41-,42+/m0/s1. The summed E-state index contributed by atoms with van der Waals surface area (Å²) in [6, 6.07) is 7.05. The van der Waals surface area contributed by atoms with Crippen LogP contribution in [0.5, 0.6) is 0 Å². The average molecular weight is 991 g/mol. The van der Waals surface area contributed by atoms with E-state index in [4.69, 9.17) is 9.47 Å². The molecule has 1 unspecified atom stereocenters. The minimum absolute atomic E-state index is 0.00820. The van der Waals surface area contributed by atoms with E-state index in [9.17, 15) is 48.3 Å². The van der Waals surface area contributed by atoms with Crippen LogP contribution in [0, 0.1) is 23.7 Å². The van der Waals surface area contributed by atoms with Gasteiger partial charge >= 0.3 is 12.1 Å². The van der Waals surface area contributed by atoms with Crippen LogP contribution in [0.15, 0.2) is 60.7 Å². The van der Waals surface area contributed by atoms with Crippen LogP contribution in [-0.4, -0.2) is 136 Å². The maximum Gasteiger partial charge on any atom is 0.408 e. The fraction of sp³-hybridized carbons (Fsp3) is 0.588. The number of likely N-dealkylation sites (N-methyl/N-ethyl adjacent to an activating group) is 1. The molecule has 2 aliphatic heterocycles. The second-order valence-corrected chi connectivity index (χ2v) is 19.9. The predicted molar refractivity (Wildman–Crippen MR) is 261 cm³/mol. The molecule has 2 heterocycles. The molecule has 0 aliphatic carbocycles. The van der Waals surface area contributed by atoms with E-state index in [0.29, 0.717) is 5.56 Å². The minimum Gasteiger partial charge on any atom is -0.458 e. The monoisotopic (exact) mass is 991 g/mol. The molecule has 390 valence electrons. The molecule has 0 spiro atoms. The number of alkyl carbamates (subject to hydrolysis) is 1. The lowest BCUT2D eigenvalue weighted by molar-refractivity contribution is -0.166. The number of nitrogens with one attached hydrogen (secondary N) is 6. The second-order valence-electron chi connectivity index (χ2n) is 19.9. The molecular formula is C51H74N8O12. The summed E-state index contributed by atoms with van der Waals surface area (Å²) in [6.45, 7) is 16.2. The Morgan fingerprint density at radius 2 is 1.24 bits per heavy atom. The number of benzene rings is 2. The maximum atomic E-state index is 14.8. The zero-order chi connectivity index (χ0) is 52.9. The van der Waals surface area contributed by atoms with Crippen LogP contribution in [0.4, 0.5) is 4.79 Å². The van der Waals surface area contributed by atoms with E-state index in [1.54, 1.807) is 96.1 Å². The number of carbonyl (C=O) groups is 9. The van der Waals surface area contributed by atoms with Crippen LogP contribution >= 0.6 is 0 Å². The van der Waals surface area contributed by atoms with Crippen molar-refractivity contribution in [1.29, 1.82) is 0 Å². The number of rotatable bonds is 14. The smallest absolute Gasteiger partial charge is 0.408 e. The van der Waals surface area contributed by atoms with Gasteiger partial charge < -0.3 is 56.3 Å². The lowest BCUT2D eigenvalue weighted by Gasteiger charge is -2.43. The van der Waals surface area contributed by atoms with E-state index < -0.39 is 132 Å². The van der Waals surface area contributed by atoms with Gasteiger partial charge in [0.1, 0.15) is 67.3 Å². The van der Waals surface area contributed by atoms with Crippen molar-refractivity contribution in [2.24, 2.45) is 23.7 Å². The van der Waals surface area contributed by atoms with Gasteiger partial charge in [0.15, 0.2) is 0 Å². The predicted octanol–water partition coefficient (Wildman–Crippen LogP) is 2.06. The second kappa shape index (κ2) is 26.0. The topological polar surface area (TPSA) is 271 Å². The third-order valence-corrected chi connectivity index (χ3v) is 12.6. The lowest BCUT2D eigenvalue weighted by Crippen LogP contribution is -2.65. The zero-order valence-electron chi connectivity index (χ0n) is 42.7. The molecule has 2 aliphatic rings. The molecule has 2 saturated heterocycles. The average Bonchev–Trinajstić information content (AvgIpc) is 3.31. The van der Waals surface area contributed by atoms with Gasteiger partial charge in [-0.3, -0.25) is 33.6 Å². The molecule has 0 saturated carbocycles. The van der Waals surface area contributed by atoms with Gasteiger partial charge in [-0.2, -0.15) is 0 Å². The number of cyclic esters (lactones) is 1. The highest BCUT2D eigenvalue weighted by Gasteiger charge is 2.46. The number of aliphatic hydroxyl groups is 1. The van der Waals surface area contributed by atoms with Gasteiger partial charge in [-0.15, -0.1) is 0 Å². The highest BCUT2D eigenvalue weighted by atomic mass is 16.6. The van der Waals surface area contributed by atoms with Crippen molar-refractivity contribution in [1.82, 2.24) is 41.7 Å². The van der Waals surface area contributed by atoms with E-state index in [-0.39, 0.29) is 38.2 Å². The summed E-state index contributed by atoms with van der Waals surface area (Å²) < 4.78 is 11.3. The number of hydrogen-bond donors (Lipinski definition) is 7. The summed E-state index contributed by atoms with van der Waals surface area (Å²) in [5, 5.41) is 27.1. The van der Waals surface area contributed by atoms with E-state index in [0.717, 1.165) is 10.5 Å². The molecule has 4 rings (SSSR count). The zero-order valence-corrected chi connectivity index (χ0v) is 42.7. The molecule has 20 heteroatoms. The van der Waals surface area contributed by atoms with Crippen LogP contribution in [0.25, 0.3) is 0 Å². The van der Waals surface area contributed by atoms with Crippen LogP contribution < -0.4 is 31.9 Å². The molecule has 2 aromatic carbocycles. The summed E-state index contributed by atoms with van der Waals surface area (Å²) in [5.41, 5.74) is 1.40. The largest absolute Gasteiger partial charge is 0.458 e. The Labute approximate surface area is 416 Å². The number of amides is 8. The molecule has 20 nitrogen and oxygen atoms in total. The van der Waals surface area contributed by atoms with Crippen molar-refractivity contribution in [3.8, 4) is 0 Å². The van der Waals surface area contributed by atoms with E-state index >= 15 is 0 Å². The van der Waals surface area contributed by atoms with Gasteiger partial charge in [0, 0.05) is 13.5 Å². The first-order chi connectivity index (χ1) is 33.4. The van der Waals surface area contributed by atoms with Gasteiger partial charge in [0.25, 0.3) is 0 Å². The van der Waals surface area contributed by atoms with Crippen molar-refractivity contribution < 1.29 is 57.7 Å². The first-order valence-electron chi connectivity index (χ1n) is 24.4. The van der Waals surface area contributed by atoms with Crippen molar-refractivity contribution in [2.75, 3.05) is 7.05 Å². The van der Waals surface area contributed by atoms with E-state index in [2.05, 4.69) is 31.9 Å². The molecule has 2 bridgehead atoms. The fourth-order valence-corrected chi connectivity index (χ4v) is 8.38. The number of carbonyl (C=O) groups excluding carboxylic acids is 9. The molecule has 8 amide bonds. The summed E-state index contributed by atoms with van der Waals surface area (Å²) in [5.74, 6) is -8.68. The van der Waals surface area contributed by atoms with Gasteiger partial charge in [-0.25, -0.2) is 9.59 Å². The summed E-state index contributed by atoms with van der Waals surface area (Å²) in [7, 11) is 1.42. The van der Waals surface area contributed by atoms with Crippen LogP contribution in [0.2, 0.25) is 0 Å². The first kappa shape index (κ1) is 57.0. The minimum atomic E-state index is -1.72. The summed E-state index contributed by atoms with van der Waals surface area (Å²) in [6.07, 6.45) is -3.71. The first-order valence-corrected chi connectivity index (χ1v) is 24.4.